The minimum Gasteiger partial charge on any atom is -0.377 e. The topological polar surface area (TPSA) is 53.7 Å². The van der Waals surface area contributed by atoms with Gasteiger partial charge >= 0.3 is 8.80 Å². The zero-order chi connectivity index (χ0) is 12.2. The lowest BCUT2D eigenvalue weighted by Crippen LogP contribution is -2.42. The normalized spacial score (nSPS) is 10.8. The van der Waals surface area contributed by atoms with Gasteiger partial charge in [-0.15, -0.1) is 0 Å². The summed E-state index contributed by atoms with van der Waals surface area (Å²) in [5, 5.41) is 0. The van der Waals surface area contributed by atoms with Gasteiger partial charge in [-0.25, -0.2) is 0 Å². The van der Waals surface area contributed by atoms with Crippen molar-refractivity contribution in [2.75, 3.05) is 27.9 Å². The molecular weight excluding hydrogens is 210 g/mol. The molecule has 0 aliphatic heterocycles. The third kappa shape index (κ3) is 9.01. The molecule has 0 aliphatic rings. The smallest absolute Gasteiger partial charge is 0.377 e. The minimum absolute atomic E-state index is 0.644. The van der Waals surface area contributed by atoms with Crippen molar-refractivity contribution >= 4 is 8.80 Å². The Bertz CT molecular complexity index is 111. The predicted octanol–water partition coefficient (Wildman–Crippen LogP) is 2.02. The van der Waals surface area contributed by atoms with Gasteiger partial charge in [-0.05, 0) is 13.0 Å². The molecule has 0 aromatic carbocycles. The predicted molar refractivity (Wildman–Crippen MR) is 65.8 cm³/mol. The lowest BCUT2D eigenvalue weighted by molar-refractivity contribution is 0.123. The van der Waals surface area contributed by atoms with Crippen LogP contribution in [0.25, 0.3) is 0 Å². The van der Waals surface area contributed by atoms with E-state index in [2.05, 4.69) is 13.8 Å². The van der Waals surface area contributed by atoms with E-state index < -0.39 is 8.80 Å². The van der Waals surface area contributed by atoms with Crippen molar-refractivity contribution in [3.8, 4) is 0 Å². The molecule has 0 radical (unpaired) electrons. The van der Waals surface area contributed by atoms with Gasteiger partial charge in [0, 0.05) is 27.4 Å². The van der Waals surface area contributed by atoms with Gasteiger partial charge in [-0.3, -0.25) is 0 Å². The molecule has 0 rings (SSSR count). The van der Waals surface area contributed by atoms with E-state index in [0.29, 0.717) is 6.54 Å². The molecule has 0 aromatic heterocycles. The Labute approximate surface area is 95.5 Å². The van der Waals surface area contributed by atoms with Crippen LogP contribution in [0.5, 0.6) is 0 Å². The second-order valence-corrected chi connectivity index (χ2v) is 6.28. The number of nitrogens with two attached hydrogens (primary N) is 1. The van der Waals surface area contributed by atoms with Crippen molar-refractivity contribution in [1.29, 1.82) is 0 Å². The molecule has 15 heavy (non-hydrogen) atoms. The van der Waals surface area contributed by atoms with Crippen LogP contribution in [0.1, 0.15) is 33.1 Å². The van der Waals surface area contributed by atoms with Crippen LogP contribution in [0, 0.1) is 0 Å². The van der Waals surface area contributed by atoms with E-state index in [1.165, 1.54) is 12.8 Å². The summed E-state index contributed by atoms with van der Waals surface area (Å²) in [5.74, 6) is 0. The Kier molecular flexibility index (Phi) is 14.1. The van der Waals surface area contributed by atoms with Gasteiger partial charge in [-0.1, -0.05) is 26.7 Å². The van der Waals surface area contributed by atoms with Gasteiger partial charge in [-0.2, -0.15) is 0 Å². The number of unbranched alkanes of at least 4 members (excludes halogenated alkanes) is 1. The fourth-order valence-corrected chi connectivity index (χ4v) is 2.62. The molecule has 0 saturated carbocycles. The Balaban J connectivity index is 0. The van der Waals surface area contributed by atoms with Crippen molar-refractivity contribution in [3.63, 3.8) is 0 Å². The van der Waals surface area contributed by atoms with E-state index in [1.54, 1.807) is 21.3 Å². The maximum atomic E-state index is 5.36. The molecule has 0 unspecified atom stereocenters. The van der Waals surface area contributed by atoms with E-state index in [9.17, 15) is 0 Å². The minimum atomic E-state index is -2.32. The molecule has 0 aliphatic carbocycles. The largest absolute Gasteiger partial charge is 0.500 e. The summed E-state index contributed by atoms with van der Waals surface area (Å²) in [6.45, 7) is 5.00. The van der Waals surface area contributed by atoms with Gasteiger partial charge in [0.15, 0.2) is 0 Å². The average molecular weight is 237 g/mol. The highest BCUT2D eigenvalue weighted by Gasteiger charge is 2.36. The second kappa shape index (κ2) is 12.1. The first-order chi connectivity index (χ1) is 7.16. The summed E-state index contributed by atoms with van der Waals surface area (Å²) in [6, 6.07) is 0.785. The molecule has 0 aromatic rings. The van der Waals surface area contributed by atoms with Gasteiger partial charge in [0.1, 0.15) is 0 Å². The van der Waals surface area contributed by atoms with Crippen molar-refractivity contribution < 1.29 is 13.3 Å². The third-order valence-corrected chi connectivity index (χ3v) is 4.95. The fourth-order valence-electron chi connectivity index (χ4n) is 0.875. The highest BCUT2D eigenvalue weighted by atomic mass is 28.4. The molecule has 0 saturated heterocycles. The first-order valence-corrected chi connectivity index (χ1v) is 7.44. The molecule has 0 fully saturated rings. The summed E-state index contributed by atoms with van der Waals surface area (Å²) in [7, 11) is 2.50. The zero-order valence-electron chi connectivity index (χ0n) is 10.8. The van der Waals surface area contributed by atoms with E-state index in [4.69, 9.17) is 19.0 Å². The quantitative estimate of drug-likeness (QED) is 0.688. The van der Waals surface area contributed by atoms with Gasteiger partial charge in [0.05, 0.1) is 0 Å². The molecule has 0 amide bonds. The second-order valence-electron chi connectivity index (χ2n) is 3.19. The Morgan fingerprint density at radius 1 is 0.933 bits per heavy atom. The van der Waals surface area contributed by atoms with Crippen LogP contribution in [0.15, 0.2) is 0 Å². The number of rotatable bonds is 7. The summed E-state index contributed by atoms with van der Waals surface area (Å²) < 4.78 is 15.5. The maximum absolute atomic E-state index is 5.36. The summed E-state index contributed by atoms with van der Waals surface area (Å²) in [4.78, 5) is 0. The Morgan fingerprint density at radius 3 is 1.53 bits per heavy atom. The summed E-state index contributed by atoms with van der Waals surface area (Å²) in [5.41, 5.74) is 5.36. The SMILES string of the molecule is CCCC.CO[Si](CCCN)(OC)OC. The van der Waals surface area contributed by atoms with Crippen LogP contribution < -0.4 is 5.73 Å². The highest BCUT2D eigenvalue weighted by molar-refractivity contribution is 6.60. The fraction of sp³-hybridized carbons (Fsp3) is 1.00. The molecule has 0 heterocycles. The molecule has 2 N–H and O–H groups in total. The van der Waals surface area contributed by atoms with E-state index >= 15 is 0 Å². The van der Waals surface area contributed by atoms with Crippen LogP contribution in [-0.4, -0.2) is 36.7 Å². The highest BCUT2D eigenvalue weighted by Crippen LogP contribution is 2.13. The van der Waals surface area contributed by atoms with Crippen molar-refractivity contribution in [3.05, 3.63) is 0 Å². The van der Waals surface area contributed by atoms with Crippen molar-refractivity contribution in [2.45, 2.75) is 39.2 Å². The Hall–Kier alpha value is 0.0569. The van der Waals surface area contributed by atoms with Crippen molar-refractivity contribution in [2.24, 2.45) is 5.73 Å². The van der Waals surface area contributed by atoms with E-state index in [-0.39, 0.29) is 0 Å². The Morgan fingerprint density at radius 2 is 1.33 bits per heavy atom. The summed E-state index contributed by atoms with van der Waals surface area (Å²) >= 11 is 0. The van der Waals surface area contributed by atoms with Crippen molar-refractivity contribution in [1.82, 2.24) is 0 Å². The number of hydrogen-bond donors (Lipinski definition) is 1. The van der Waals surface area contributed by atoms with Gasteiger partial charge < -0.3 is 19.0 Å². The molecule has 0 bridgehead atoms. The molecule has 0 atom stereocenters. The molecule has 4 nitrogen and oxygen atoms in total. The van der Waals surface area contributed by atoms with E-state index in [1.807, 2.05) is 0 Å². The van der Waals surface area contributed by atoms with E-state index in [0.717, 1.165) is 12.5 Å². The molecule has 0 spiro atoms. The standard InChI is InChI=1S/C6H17NO3Si.C4H10/c1-8-11(9-2,10-3)6-4-5-7;1-3-4-2/h4-7H2,1-3H3;3-4H2,1-2H3. The first kappa shape index (κ1) is 17.5. The maximum Gasteiger partial charge on any atom is 0.500 e. The number of hydrogen-bond acceptors (Lipinski definition) is 4. The van der Waals surface area contributed by atoms with Crippen LogP contribution >= 0.6 is 0 Å². The van der Waals surface area contributed by atoms with Gasteiger partial charge in [0.2, 0.25) is 0 Å². The zero-order valence-corrected chi connectivity index (χ0v) is 11.8. The average Bonchev–Trinajstić information content (AvgIpc) is 2.32. The third-order valence-electron chi connectivity index (χ3n) is 2.12. The van der Waals surface area contributed by atoms with Crippen LogP contribution in [0.3, 0.4) is 0 Å². The van der Waals surface area contributed by atoms with Crippen LogP contribution in [0.4, 0.5) is 0 Å². The molecule has 5 heteroatoms. The lowest BCUT2D eigenvalue weighted by Gasteiger charge is -2.23. The molecular formula is C10H27NO3Si. The van der Waals surface area contributed by atoms with Crippen LogP contribution in [-0.2, 0) is 13.3 Å². The monoisotopic (exact) mass is 237 g/mol. The molecule has 94 valence electrons. The summed E-state index contributed by atoms with van der Waals surface area (Å²) in [6.07, 6.45) is 3.52. The lowest BCUT2D eigenvalue weighted by atomic mass is 10.4. The van der Waals surface area contributed by atoms with Crippen LogP contribution in [0.2, 0.25) is 6.04 Å². The first-order valence-electron chi connectivity index (χ1n) is 5.51. The van der Waals surface area contributed by atoms with Gasteiger partial charge in [0.25, 0.3) is 0 Å².